The van der Waals surface area contributed by atoms with Crippen LogP contribution in [0.4, 0.5) is 10.1 Å². The molecule has 0 atom stereocenters. The maximum Gasteiger partial charge on any atom is 0.182 e. The molecule has 30 heavy (non-hydrogen) atoms. The largest absolute Gasteiger partial charge is 0.385 e. The van der Waals surface area contributed by atoms with Gasteiger partial charge in [0.15, 0.2) is 5.78 Å². The van der Waals surface area contributed by atoms with Crippen molar-refractivity contribution in [1.29, 1.82) is 0 Å². The van der Waals surface area contributed by atoms with Crippen molar-refractivity contribution in [1.82, 2.24) is 9.55 Å². The van der Waals surface area contributed by atoms with E-state index in [1.54, 1.807) is 6.07 Å². The number of rotatable bonds is 10. The Labute approximate surface area is 185 Å². The summed E-state index contributed by atoms with van der Waals surface area (Å²) in [6.45, 7) is 4.92. The molecular weight excluding hydrogens is 445 g/mol. The molecule has 0 aliphatic carbocycles. The smallest absolute Gasteiger partial charge is 0.182 e. The standard InChI is InChI=1S/C24H27BrFN3O/c1-3-8-23-28-21(4-2)24(22(30)13-14-27-19-9-6-5-7-10-19)29(23)16-17-11-12-18(25)15-20(17)26/h5-7,9-12,15,27H,3-4,8,13-14,16H2,1-2H3. The van der Waals surface area contributed by atoms with Gasteiger partial charge in [-0.25, -0.2) is 9.37 Å². The molecule has 0 saturated heterocycles. The van der Waals surface area contributed by atoms with E-state index in [-0.39, 0.29) is 11.6 Å². The van der Waals surface area contributed by atoms with E-state index in [2.05, 4.69) is 28.2 Å². The molecule has 1 heterocycles. The molecule has 3 rings (SSSR count). The van der Waals surface area contributed by atoms with Crippen molar-refractivity contribution in [3.8, 4) is 0 Å². The van der Waals surface area contributed by atoms with Gasteiger partial charge in [0.05, 0.1) is 12.2 Å². The predicted molar refractivity (Wildman–Crippen MR) is 123 cm³/mol. The number of aryl methyl sites for hydroxylation is 2. The van der Waals surface area contributed by atoms with Crippen LogP contribution in [0, 0.1) is 5.82 Å². The van der Waals surface area contributed by atoms with E-state index < -0.39 is 0 Å². The number of imidazole rings is 1. The highest BCUT2D eigenvalue weighted by molar-refractivity contribution is 9.10. The van der Waals surface area contributed by atoms with Crippen LogP contribution in [-0.4, -0.2) is 21.9 Å². The van der Waals surface area contributed by atoms with Gasteiger partial charge in [0.2, 0.25) is 0 Å². The van der Waals surface area contributed by atoms with Crippen molar-refractivity contribution >= 4 is 27.4 Å². The first-order valence-electron chi connectivity index (χ1n) is 10.4. The number of para-hydroxylation sites is 1. The summed E-state index contributed by atoms with van der Waals surface area (Å²) in [5.41, 5.74) is 2.93. The molecule has 0 bridgehead atoms. The third-order valence-corrected chi connectivity index (χ3v) is 5.48. The van der Waals surface area contributed by atoms with Crippen molar-refractivity contribution in [3.63, 3.8) is 0 Å². The lowest BCUT2D eigenvalue weighted by atomic mass is 10.1. The molecule has 0 fully saturated rings. The van der Waals surface area contributed by atoms with Crippen LogP contribution in [0.1, 0.15) is 54.3 Å². The van der Waals surface area contributed by atoms with Gasteiger partial charge in [-0.15, -0.1) is 0 Å². The second-order valence-corrected chi connectivity index (χ2v) is 8.13. The quantitative estimate of drug-likeness (QED) is 0.367. The van der Waals surface area contributed by atoms with E-state index >= 15 is 0 Å². The van der Waals surface area contributed by atoms with Crippen LogP contribution in [0.15, 0.2) is 53.0 Å². The van der Waals surface area contributed by atoms with Crippen molar-refractivity contribution in [2.45, 2.75) is 46.1 Å². The molecule has 3 aromatic rings. The summed E-state index contributed by atoms with van der Waals surface area (Å²) >= 11 is 3.30. The lowest BCUT2D eigenvalue weighted by Gasteiger charge is -2.13. The molecule has 0 amide bonds. The number of benzene rings is 2. The topological polar surface area (TPSA) is 46.9 Å². The Morgan fingerprint density at radius 2 is 1.93 bits per heavy atom. The molecular formula is C24H27BrFN3O. The lowest BCUT2D eigenvalue weighted by Crippen LogP contribution is -2.17. The van der Waals surface area contributed by atoms with E-state index in [0.29, 0.717) is 41.7 Å². The number of Topliss-reactive ketones (excluding diaryl/α,β-unsaturated/α-hetero) is 1. The van der Waals surface area contributed by atoms with Crippen LogP contribution in [0.25, 0.3) is 0 Å². The number of hydrogen-bond donors (Lipinski definition) is 1. The number of aromatic nitrogens is 2. The first kappa shape index (κ1) is 22.2. The fourth-order valence-electron chi connectivity index (χ4n) is 3.51. The third-order valence-electron chi connectivity index (χ3n) is 4.99. The fourth-order valence-corrected chi connectivity index (χ4v) is 3.84. The maximum atomic E-state index is 14.5. The van der Waals surface area contributed by atoms with Crippen LogP contribution >= 0.6 is 15.9 Å². The van der Waals surface area contributed by atoms with Gasteiger partial charge in [-0.05, 0) is 37.1 Å². The molecule has 0 aliphatic rings. The minimum absolute atomic E-state index is 0.0302. The summed E-state index contributed by atoms with van der Waals surface area (Å²) in [6, 6.07) is 14.9. The summed E-state index contributed by atoms with van der Waals surface area (Å²) in [5.74, 6) is 0.585. The van der Waals surface area contributed by atoms with Gasteiger partial charge < -0.3 is 9.88 Å². The zero-order valence-electron chi connectivity index (χ0n) is 17.4. The average molecular weight is 472 g/mol. The Morgan fingerprint density at radius 1 is 1.17 bits per heavy atom. The number of carbonyl (C=O) groups excluding carboxylic acids is 1. The minimum Gasteiger partial charge on any atom is -0.385 e. The van der Waals surface area contributed by atoms with Crippen LogP contribution in [0.2, 0.25) is 0 Å². The van der Waals surface area contributed by atoms with Crippen LogP contribution < -0.4 is 5.32 Å². The van der Waals surface area contributed by atoms with Gasteiger partial charge >= 0.3 is 0 Å². The van der Waals surface area contributed by atoms with E-state index in [4.69, 9.17) is 4.98 Å². The van der Waals surface area contributed by atoms with Gasteiger partial charge in [-0.2, -0.15) is 0 Å². The zero-order chi connectivity index (χ0) is 21.5. The summed E-state index contributed by atoms with van der Waals surface area (Å²) in [6.07, 6.45) is 2.68. The van der Waals surface area contributed by atoms with E-state index in [0.717, 1.165) is 30.0 Å². The highest BCUT2D eigenvalue weighted by Crippen LogP contribution is 2.22. The van der Waals surface area contributed by atoms with Crippen molar-refractivity contribution in [3.05, 3.63) is 81.6 Å². The molecule has 0 aliphatic heterocycles. The predicted octanol–water partition coefficient (Wildman–Crippen LogP) is 6.03. The normalized spacial score (nSPS) is 10.9. The SMILES string of the molecule is CCCc1nc(CC)c(C(=O)CCNc2ccccc2)n1Cc1ccc(Br)cc1F. The minimum atomic E-state index is -0.289. The van der Waals surface area contributed by atoms with E-state index in [1.165, 1.54) is 6.07 Å². The van der Waals surface area contributed by atoms with Gasteiger partial charge in [0.25, 0.3) is 0 Å². The third kappa shape index (κ3) is 5.36. The maximum absolute atomic E-state index is 14.5. The highest BCUT2D eigenvalue weighted by atomic mass is 79.9. The Kier molecular flexibility index (Phi) is 7.80. The number of halogens is 2. The molecule has 4 nitrogen and oxygen atoms in total. The first-order valence-corrected chi connectivity index (χ1v) is 11.2. The van der Waals surface area contributed by atoms with E-state index in [9.17, 15) is 9.18 Å². The number of nitrogens with one attached hydrogen (secondary N) is 1. The Balaban J connectivity index is 1.86. The zero-order valence-corrected chi connectivity index (χ0v) is 19.0. The number of carbonyl (C=O) groups is 1. The van der Waals surface area contributed by atoms with Crippen molar-refractivity contribution in [2.75, 3.05) is 11.9 Å². The molecule has 1 aromatic heterocycles. The van der Waals surface area contributed by atoms with Crippen LogP contribution in [-0.2, 0) is 19.4 Å². The van der Waals surface area contributed by atoms with Crippen LogP contribution in [0.3, 0.4) is 0 Å². The Bertz CT molecular complexity index is 1000. The number of ketones is 1. The summed E-state index contributed by atoms with van der Waals surface area (Å²) in [5, 5.41) is 3.28. The lowest BCUT2D eigenvalue weighted by molar-refractivity contribution is 0.0976. The number of hydrogen-bond acceptors (Lipinski definition) is 3. The van der Waals surface area contributed by atoms with Gasteiger partial charge in [-0.1, -0.05) is 54.0 Å². The van der Waals surface area contributed by atoms with Crippen molar-refractivity contribution in [2.24, 2.45) is 0 Å². The summed E-state index contributed by atoms with van der Waals surface area (Å²) in [7, 11) is 0. The average Bonchev–Trinajstić information content (AvgIpc) is 3.08. The summed E-state index contributed by atoms with van der Waals surface area (Å²) in [4.78, 5) is 17.9. The molecule has 2 aromatic carbocycles. The molecule has 0 radical (unpaired) electrons. The van der Waals surface area contributed by atoms with Gasteiger partial charge in [-0.3, -0.25) is 4.79 Å². The van der Waals surface area contributed by atoms with Crippen molar-refractivity contribution < 1.29 is 9.18 Å². The fraction of sp³-hybridized carbons (Fsp3) is 0.333. The molecule has 158 valence electrons. The highest BCUT2D eigenvalue weighted by Gasteiger charge is 2.22. The van der Waals surface area contributed by atoms with Gasteiger partial charge in [0.1, 0.15) is 17.3 Å². The molecule has 1 N–H and O–H groups in total. The second kappa shape index (κ2) is 10.5. The first-order chi connectivity index (χ1) is 14.5. The number of anilines is 1. The Hall–Kier alpha value is -2.47. The van der Waals surface area contributed by atoms with Gasteiger partial charge in [0, 0.05) is 35.1 Å². The Morgan fingerprint density at radius 3 is 2.60 bits per heavy atom. The summed E-state index contributed by atoms with van der Waals surface area (Å²) < 4.78 is 17.1. The number of nitrogens with zero attached hydrogens (tertiary/aromatic N) is 2. The monoisotopic (exact) mass is 471 g/mol. The molecule has 0 unspecified atom stereocenters. The molecule has 0 saturated carbocycles. The molecule has 0 spiro atoms. The molecule has 6 heteroatoms. The van der Waals surface area contributed by atoms with Crippen LogP contribution in [0.5, 0.6) is 0 Å². The van der Waals surface area contributed by atoms with E-state index in [1.807, 2.05) is 47.9 Å². The second-order valence-electron chi connectivity index (χ2n) is 7.21.